The number of pyridine rings is 1. The van der Waals surface area contributed by atoms with Gasteiger partial charge in [-0.05, 0) is 106 Å². The second-order valence-electron chi connectivity index (χ2n) is 11.2. The third-order valence-electron chi connectivity index (χ3n) is 8.83. The van der Waals surface area contributed by atoms with Crippen LogP contribution in [0.25, 0.3) is 0 Å². The van der Waals surface area contributed by atoms with Gasteiger partial charge in [-0.3, -0.25) is 14.4 Å². The molecule has 2 heterocycles. The highest BCUT2D eigenvalue weighted by Crippen LogP contribution is 2.51. The summed E-state index contributed by atoms with van der Waals surface area (Å²) in [5.74, 6) is 0.0436. The lowest BCUT2D eigenvalue weighted by molar-refractivity contribution is -0.119. The Labute approximate surface area is 211 Å². The fraction of sp³-hybridized carbons (Fsp3) is 0.536. The van der Waals surface area contributed by atoms with Crippen molar-refractivity contribution in [3.8, 4) is 5.75 Å². The number of hydrogen-bond donors (Lipinski definition) is 4. The molecule has 1 aliphatic heterocycles. The number of hydrogen-bond acceptors (Lipinski definition) is 5. The van der Waals surface area contributed by atoms with E-state index in [0.29, 0.717) is 12.5 Å². The third-order valence-corrected chi connectivity index (χ3v) is 8.83. The minimum atomic E-state index is -0.872. The average Bonchev–Trinajstić information content (AvgIpc) is 3.65. The zero-order valence-electron chi connectivity index (χ0n) is 21.3. The van der Waals surface area contributed by atoms with Crippen LogP contribution in [0.1, 0.15) is 65.9 Å². The van der Waals surface area contributed by atoms with Crippen molar-refractivity contribution in [1.82, 2.24) is 15.2 Å². The lowest BCUT2D eigenvalue weighted by Crippen LogP contribution is -2.59. The number of rotatable bonds is 6. The summed E-state index contributed by atoms with van der Waals surface area (Å²) in [7, 11) is 0. The third kappa shape index (κ3) is 4.32. The number of aryl methyl sites for hydroxylation is 1. The molecule has 3 aliphatic rings. The highest BCUT2D eigenvalue weighted by atomic mass is 16.3. The van der Waals surface area contributed by atoms with Gasteiger partial charge in [0.15, 0.2) is 0 Å². The number of benzene rings is 1. The summed E-state index contributed by atoms with van der Waals surface area (Å²) in [4.78, 5) is 42.8. The largest absolute Gasteiger partial charge is 0.508 e. The zero-order valence-corrected chi connectivity index (χ0v) is 21.3. The first-order chi connectivity index (χ1) is 17.1. The zero-order chi connectivity index (χ0) is 25.8. The van der Waals surface area contributed by atoms with Crippen molar-refractivity contribution in [2.75, 3.05) is 13.1 Å². The van der Waals surface area contributed by atoms with Crippen LogP contribution in [0.2, 0.25) is 0 Å². The number of aromatic amines is 1. The highest BCUT2D eigenvalue weighted by Gasteiger charge is 2.51. The van der Waals surface area contributed by atoms with Gasteiger partial charge in [-0.2, -0.15) is 0 Å². The van der Waals surface area contributed by atoms with Gasteiger partial charge in [0.2, 0.25) is 5.91 Å². The number of nitrogens with zero attached hydrogens (tertiary/aromatic N) is 1. The molecule has 0 unspecified atom stereocenters. The molecular formula is C28H36N4O4. The molecule has 1 aromatic carbocycles. The smallest absolute Gasteiger partial charge is 0.261 e. The first-order valence-corrected chi connectivity index (χ1v) is 13.0. The molecule has 1 saturated carbocycles. The van der Waals surface area contributed by atoms with Crippen LogP contribution >= 0.6 is 0 Å². The standard InChI is InChI=1S/C28H36N4O4/c1-15-4-7-20(33)12-22(15)28-8-9-32(14-18-5-6-18)17(3)23(28)11-19-10-21(27(36)31-24(19)13-28)26(35)30-16(2)25(29)34/h4,7,10,12,16-18,23,33H,5-6,8-9,11,13-14H2,1-3H3,(H2,29,34)(H,30,35)(H,31,36)/t16-,17+,23-,28+/m0/s1. The van der Waals surface area contributed by atoms with E-state index in [1.54, 1.807) is 12.1 Å². The van der Waals surface area contributed by atoms with Crippen LogP contribution in [0, 0.1) is 18.8 Å². The topological polar surface area (TPSA) is 129 Å². The van der Waals surface area contributed by atoms with Crippen LogP contribution in [0.15, 0.2) is 29.1 Å². The van der Waals surface area contributed by atoms with Gasteiger partial charge in [-0.25, -0.2) is 0 Å². The van der Waals surface area contributed by atoms with Gasteiger partial charge in [-0.15, -0.1) is 0 Å². The molecule has 5 N–H and O–H groups in total. The van der Waals surface area contributed by atoms with E-state index in [1.165, 1.54) is 19.8 Å². The van der Waals surface area contributed by atoms with Crippen molar-refractivity contribution in [2.45, 2.75) is 70.4 Å². The van der Waals surface area contributed by atoms with E-state index in [2.05, 4.69) is 29.0 Å². The average molecular weight is 493 g/mol. The number of aromatic hydroxyl groups is 1. The van der Waals surface area contributed by atoms with Crippen molar-refractivity contribution >= 4 is 11.8 Å². The van der Waals surface area contributed by atoms with E-state index in [4.69, 9.17) is 5.73 Å². The molecule has 8 heteroatoms. The number of fused-ring (bicyclic) bond motifs is 2. The Kier molecular flexibility index (Phi) is 6.19. The first-order valence-electron chi connectivity index (χ1n) is 13.0. The van der Waals surface area contributed by atoms with Crippen LogP contribution in [-0.2, 0) is 23.1 Å². The van der Waals surface area contributed by atoms with Crippen LogP contribution in [0.4, 0.5) is 0 Å². The number of carbonyl (C=O) groups is 2. The molecule has 5 rings (SSSR count). The molecule has 0 radical (unpaired) electrons. The fourth-order valence-electron chi connectivity index (χ4n) is 6.52. The molecule has 8 nitrogen and oxygen atoms in total. The summed E-state index contributed by atoms with van der Waals surface area (Å²) >= 11 is 0. The number of phenolic OH excluding ortho intramolecular Hbond substituents is 1. The monoisotopic (exact) mass is 492 g/mol. The number of likely N-dealkylation sites (tertiary alicyclic amines) is 1. The van der Waals surface area contributed by atoms with Gasteiger partial charge in [0.25, 0.3) is 11.5 Å². The predicted molar refractivity (Wildman–Crippen MR) is 137 cm³/mol. The van der Waals surface area contributed by atoms with Crippen molar-refractivity contribution in [3.63, 3.8) is 0 Å². The number of nitrogens with two attached hydrogens (primary N) is 1. The van der Waals surface area contributed by atoms with Crippen molar-refractivity contribution in [2.24, 2.45) is 17.6 Å². The van der Waals surface area contributed by atoms with Gasteiger partial charge in [0, 0.05) is 23.7 Å². The van der Waals surface area contributed by atoms with E-state index in [9.17, 15) is 19.5 Å². The number of piperidine rings is 1. The normalized spacial score (nSPS) is 26.5. The molecule has 4 atom stereocenters. The molecule has 2 fully saturated rings. The highest BCUT2D eigenvalue weighted by molar-refractivity contribution is 5.97. The quantitative estimate of drug-likeness (QED) is 0.491. The summed E-state index contributed by atoms with van der Waals surface area (Å²) in [5.41, 5.74) is 8.69. The molecular weight excluding hydrogens is 456 g/mol. The number of nitrogens with one attached hydrogen (secondary N) is 2. The molecule has 2 aromatic rings. The predicted octanol–water partition coefficient (Wildman–Crippen LogP) is 2.15. The number of phenols is 1. The molecule has 192 valence electrons. The van der Waals surface area contributed by atoms with E-state index in [1.807, 2.05) is 12.1 Å². The van der Waals surface area contributed by atoms with Crippen LogP contribution in [0.5, 0.6) is 5.75 Å². The Hall–Kier alpha value is -3.13. The Morgan fingerprint density at radius 3 is 2.75 bits per heavy atom. The Bertz CT molecular complexity index is 1270. The molecule has 0 bridgehead atoms. The summed E-state index contributed by atoms with van der Waals surface area (Å²) in [5, 5.41) is 12.9. The van der Waals surface area contributed by atoms with Gasteiger partial charge < -0.3 is 26.0 Å². The number of primary amides is 1. The van der Waals surface area contributed by atoms with Crippen molar-refractivity contribution in [1.29, 1.82) is 0 Å². The maximum absolute atomic E-state index is 13.0. The van der Waals surface area contributed by atoms with Crippen molar-refractivity contribution in [3.05, 3.63) is 62.6 Å². The lowest BCUT2D eigenvalue weighted by Gasteiger charge is -2.55. The summed E-state index contributed by atoms with van der Waals surface area (Å²) in [6, 6.07) is 6.75. The molecule has 2 amide bonds. The van der Waals surface area contributed by atoms with Gasteiger partial charge in [0.05, 0.1) is 0 Å². The van der Waals surface area contributed by atoms with Crippen LogP contribution < -0.4 is 16.6 Å². The number of amides is 2. The van der Waals surface area contributed by atoms with Crippen molar-refractivity contribution < 1.29 is 14.7 Å². The molecule has 0 spiro atoms. The molecule has 1 aromatic heterocycles. The van der Waals surface area contributed by atoms with Gasteiger partial charge >= 0.3 is 0 Å². The van der Waals surface area contributed by atoms with E-state index < -0.39 is 23.4 Å². The molecule has 36 heavy (non-hydrogen) atoms. The maximum Gasteiger partial charge on any atom is 0.261 e. The van der Waals surface area contributed by atoms with Gasteiger partial charge in [0.1, 0.15) is 17.4 Å². The minimum Gasteiger partial charge on any atom is -0.508 e. The van der Waals surface area contributed by atoms with E-state index in [0.717, 1.165) is 54.2 Å². The lowest BCUT2D eigenvalue weighted by atomic mass is 9.55. The number of carbonyl (C=O) groups excluding carboxylic acids is 2. The summed E-state index contributed by atoms with van der Waals surface area (Å²) < 4.78 is 0. The van der Waals surface area contributed by atoms with Crippen LogP contribution in [-0.4, -0.2) is 52.0 Å². The Balaban J connectivity index is 1.56. The number of aromatic nitrogens is 1. The maximum atomic E-state index is 13.0. The minimum absolute atomic E-state index is 0.00110. The van der Waals surface area contributed by atoms with Crippen LogP contribution in [0.3, 0.4) is 0 Å². The molecule has 2 aliphatic carbocycles. The fourth-order valence-corrected chi connectivity index (χ4v) is 6.52. The van der Waals surface area contributed by atoms with E-state index in [-0.39, 0.29) is 22.6 Å². The van der Waals surface area contributed by atoms with Gasteiger partial charge in [-0.1, -0.05) is 6.07 Å². The number of H-pyrrole nitrogens is 1. The second kappa shape index (κ2) is 9.07. The summed E-state index contributed by atoms with van der Waals surface area (Å²) in [6.45, 7) is 7.99. The Morgan fingerprint density at radius 2 is 2.06 bits per heavy atom. The first kappa shape index (κ1) is 24.6. The van der Waals surface area contributed by atoms with E-state index >= 15 is 0 Å². The summed E-state index contributed by atoms with van der Waals surface area (Å²) in [6.07, 6.45) is 4.91. The SMILES string of the molecule is Cc1ccc(O)cc1[C@]12CCN(CC3CC3)[C@H](C)[C@@H]1Cc1cc(C(=O)N[C@@H](C)C(N)=O)c(=O)[nH]c1C2. The Morgan fingerprint density at radius 1 is 1.31 bits per heavy atom. The second-order valence-corrected chi connectivity index (χ2v) is 11.2. The molecule has 1 saturated heterocycles.